The molecule has 2 bridgehead atoms. The molecule has 2 saturated carbocycles. The van der Waals surface area contributed by atoms with Crippen molar-refractivity contribution in [3.63, 3.8) is 0 Å². The molecule has 2 aliphatic carbocycles. The van der Waals surface area contributed by atoms with Gasteiger partial charge in [-0.1, -0.05) is 18.2 Å². The number of hydrogen-bond donors (Lipinski definition) is 0. The molecule has 4 rings (SSSR count). The summed E-state index contributed by atoms with van der Waals surface area (Å²) in [4.78, 5) is 36.0. The standard InChI is InChI=1S/C17H16O6/c1-8(18)21-14-10-7-11-13(17(20)23-15(11)14)12(10)16(19)22-9-5-3-2-4-6-9/h2-6,10-15H,7H2,1H3. The van der Waals surface area contributed by atoms with Crippen LogP contribution in [0.3, 0.4) is 0 Å². The molecule has 3 fully saturated rings. The fraction of sp³-hybridized carbons (Fsp3) is 0.471. The molecule has 1 heterocycles. The summed E-state index contributed by atoms with van der Waals surface area (Å²) in [5.41, 5.74) is 0. The molecule has 6 heteroatoms. The summed E-state index contributed by atoms with van der Waals surface area (Å²) < 4.78 is 16.1. The Bertz CT molecular complexity index is 669. The Labute approximate surface area is 132 Å². The average molecular weight is 316 g/mol. The van der Waals surface area contributed by atoms with Crippen LogP contribution in [-0.2, 0) is 23.9 Å². The van der Waals surface area contributed by atoms with E-state index in [1.165, 1.54) is 6.92 Å². The van der Waals surface area contributed by atoms with Gasteiger partial charge in [0.05, 0.1) is 11.8 Å². The molecular formula is C17H16O6. The van der Waals surface area contributed by atoms with Crippen LogP contribution in [0.25, 0.3) is 0 Å². The zero-order chi connectivity index (χ0) is 16.1. The van der Waals surface area contributed by atoms with Crippen LogP contribution < -0.4 is 4.74 Å². The lowest BCUT2D eigenvalue weighted by atomic mass is 9.78. The van der Waals surface area contributed by atoms with Crippen LogP contribution in [0.15, 0.2) is 30.3 Å². The average Bonchev–Trinajstić information content (AvgIpc) is 3.11. The SMILES string of the molecule is CC(=O)OC1C2CC3C1OC(=O)C3C2C(=O)Oc1ccccc1. The summed E-state index contributed by atoms with van der Waals surface area (Å²) in [6.07, 6.45) is -0.316. The van der Waals surface area contributed by atoms with Gasteiger partial charge < -0.3 is 14.2 Å². The largest absolute Gasteiger partial charge is 0.458 e. The van der Waals surface area contributed by atoms with Crippen molar-refractivity contribution in [2.75, 3.05) is 0 Å². The number of carbonyl (C=O) groups excluding carboxylic acids is 3. The molecular weight excluding hydrogens is 300 g/mol. The second kappa shape index (κ2) is 5.08. The minimum absolute atomic E-state index is 0.0647. The summed E-state index contributed by atoms with van der Waals surface area (Å²) in [5.74, 6) is -2.21. The van der Waals surface area contributed by atoms with E-state index in [2.05, 4.69) is 0 Å². The molecule has 1 aromatic carbocycles. The van der Waals surface area contributed by atoms with E-state index in [-0.39, 0.29) is 17.8 Å². The quantitative estimate of drug-likeness (QED) is 0.618. The molecule has 6 unspecified atom stereocenters. The smallest absolute Gasteiger partial charge is 0.315 e. The maximum atomic E-state index is 12.6. The van der Waals surface area contributed by atoms with Gasteiger partial charge in [0.1, 0.15) is 18.0 Å². The van der Waals surface area contributed by atoms with Crippen molar-refractivity contribution in [2.24, 2.45) is 23.7 Å². The van der Waals surface area contributed by atoms with Crippen LogP contribution in [0, 0.1) is 23.7 Å². The highest BCUT2D eigenvalue weighted by Crippen LogP contribution is 2.58. The monoisotopic (exact) mass is 316 g/mol. The van der Waals surface area contributed by atoms with Crippen LogP contribution >= 0.6 is 0 Å². The van der Waals surface area contributed by atoms with E-state index in [1.54, 1.807) is 24.3 Å². The zero-order valence-corrected chi connectivity index (χ0v) is 12.5. The van der Waals surface area contributed by atoms with Crippen LogP contribution in [0.2, 0.25) is 0 Å². The van der Waals surface area contributed by atoms with Gasteiger partial charge in [0.2, 0.25) is 0 Å². The van der Waals surface area contributed by atoms with Crippen molar-refractivity contribution >= 4 is 17.9 Å². The van der Waals surface area contributed by atoms with Crippen LogP contribution in [0.4, 0.5) is 0 Å². The van der Waals surface area contributed by atoms with E-state index in [1.807, 2.05) is 6.07 Å². The lowest BCUT2D eigenvalue weighted by Gasteiger charge is -2.29. The number of fused-ring (bicyclic) bond motifs is 1. The highest BCUT2D eigenvalue weighted by atomic mass is 16.6. The maximum Gasteiger partial charge on any atom is 0.315 e. The molecule has 120 valence electrons. The number of carbonyl (C=O) groups is 3. The minimum atomic E-state index is -0.615. The number of para-hydroxylation sites is 1. The first-order chi connectivity index (χ1) is 11.1. The normalized spacial score (nSPS) is 36.7. The second-order valence-corrected chi connectivity index (χ2v) is 6.32. The first-order valence-corrected chi connectivity index (χ1v) is 7.70. The van der Waals surface area contributed by atoms with Gasteiger partial charge in [0.15, 0.2) is 0 Å². The van der Waals surface area contributed by atoms with E-state index in [9.17, 15) is 14.4 Å². The second-order valence-electron chi connectivity index (χ2n) is 6.32. The Balaban J connectivity index is 1.59. The summed E-state index contributed by atoms with van der Waals surface area (Å²) >= 11 is 0. The molecule has 0 radical (unpaired) electrons. The molecule has 0 N–H and O–H groups in total. The molecule has 6 atom stereocenters. The van der Waals surface area contributed by atoms with E-state index in [0.29, 0.717) is 12.2 Å². The number of esters is 3. The summed E-state index contributed by atoms with van der Waals surface area (Å²) in [6.45, 7) is 1.32. The van der Waals surface area contributed by atoms with E-state index >= 15 is 0 Å². The topological polar surface area (TPSA) is 78.9 Å². The van der Waals surface area contributed by atoms with E-state index < -0.39 is 36.0 Å². The molecule has 0 amide bonds. The molecule has 3 aliphatic rings. The lowest BCUT2D eigenvalue weighted by Crippen LogP contribution is -2.44. The predicted octanol–water partition coefficient (Wildman–Crippen LogP) is 1.33. The van der Waals surface area contributed by atoms with Gasteiger partial charge in [-0.3, -0.25) is 14.4 Å². The van der Waals surface area contributed by atoms with Crippen LogP contribution in [-0.4, -0.2) is 30.1 Å². The third kappa shape index (κ3) is 2.12. The fourth-order valence-corrected chi connectivity index (χ4v) is 4.33. The van der Waals surface area contributed by atoms with Gasteiger partial charge in [-0.2, -0.15) is 0 Å². The molecule has 1 saturated heterocycles. The Morgan fingerprint density at radius 1 is 1.17 bits per heavy atom. The summed E-state index contributed by atoms with van der Waals surface area (Å²) in [6, 6.07) is 8.73. The molecule has 0 aromatic heterocycles. The van der Waals surface area contributed by atoms with Crippen molar-refractivity contribution in [3.05, 3.63) is 30.3 Å². The Morgan fingerprint density at radius 3 is 2.61 bits per heavy atom. The maximum absolute atomic E-state index is 12.6. The predicted molar refractivity (Wildman–Crippen MR) is 76.1 cm³/mol. The van der Waals surface area contributed by atoms with Gasteiger partial charge in [-0.15, -0.1) is 0 Å². The first-order valence-electron chi connectivity index (χ1n) is 7.70. The van der Waals surface area contributed by atoms with Crippen LogP contribution in [0.5, 0.6) is 5.75 Å². The van der Waals surface area contributed by atoms with Gasteiger partial charge in [-0.05, 0) is 18.6 Å². The van der Waals surface area contributed by atoms with Crippen molar-refractivity contribution in [1.29, 1.82) is 0 Å². The Hall–Kier alpha value is -2.37. The lowest BCUT2D eigenvalue weighted by molar-refractivity contribution is -0.161. The highest BCUT2D eigenvalue weighted by molar-refractivity contribution is 5.87. The summed E-state index contributed by atoms with van der Waals surface area (Å²) in [7, 11) is 0. The van der Waals surface area contributed by atoms with E-state index in [4.69, 9.17) is 14.2 Å². The van der Waals surface area contributed by atoms with Gasteiger partial charge in [-0.25, -0.2) is 0 Å². The number of hydrogen-bond acceptors (Lipinski definition) is 6. The third-order valence-electron chi connectivity index (χ3n) is 5.08. The van der Waals surface area contributed by atoms with Gasteiger partial charge >= 0.3 is 17.9 Å². The van der Waals surface area contributed by atoms with Crippen LogP contribution in [0.1, 0.15) is 13.3 Å². The van der Waals surface area contributed by atoms with Crippen molar-refractivity contribution < 1.29 is 28.6 Å². The number of benzene rings is 1. The Morgan fingerprint density at radius 2 is 1.91 bits per heavy atom. The highest BCUT2D eigenvalue weighted by Gasteiger charge is 2.70. The Kier molecular flexibility index (Phi) is 3.14. The summed E-state index contributed by atoms with van der Waals surface area (Å²) in [5, 5.41) is 0. The zero-order valence-electron chi connectivity index (χ0n) is 12.5. The minimum Gasteiger partial charge on any atom is -0.458 e. The van der Waals surface area contributed by atoms with Crippen molar-refractivity contribution in [3.8, 4) is 5.75 Å². The van der Waals surface area contributed by atoms with Crippen molar-refractivity contribution in [2.45, 2.75) is 25.6 Å². The fourth-order valence-electron chi connectivity index (χ4n) is 4.33. The molecule has 1 aliphatic heterocycles. The molecule has 23 heavy (non-hydrogen) atoms. The van der Waals surface area contributed by atoms with Crippen molar-refractivity contribution in [1.82, 2.24) is 0 Å². The van der Waals surface area contributed by atoms with Gasteiger partial charge in [0, 0.05) is 18.8 Å². The molecule has 1 aromatic rings. The molecule has 6 nitrogen and oxygen atoms in total. The van der Waals surface area contributed by atoms with Gasteiger partial charge in [0.25, 0.3) is 0 Å². The number of ether oxygens (including phenoxy) is 3. The van der Waals surface area contributed by atoms with E-state index in [0.717, 1.165) is 0 Å². The third-order valence-corrected chi connectivity index (χ3v) is 5.08. The number of rotatable bonds is 3. The molecule has 0 spiro atoms. The first kappa shape index (κ1) is 14.2.